The second-order valence-electron chi connectivity index (χ2n) is 8.05. The minimum Gasteiger partial charge on any atom is -0.486 e. The topological polar surface area (TPSA) is 81.9 Å². The third-order valence-electron chi connectivity index (χ3n) is 4.38. The van der Waals surface area contributed by atoms with Crippen LogP contribution in [0.4, 0.5) is 0 Å². The second-order valence-corrected chi connectivity index (χ2v) is 9.99. The molecule has 0 spiro atoms. The molecule has 1 aromatic rings. The Balaban J connectivity index is 2.30. The van der Waals surface area contributed by atoms with Crippen LogP contribution >= 0.6 is 0 Å². The molecule has 0 saturated carbocycles. The van der Waals surface area contributed by atoms with Crippen molar-refractivity contribution < 1.29 is 17.9 Å². The van der Waals surface area contributed by atoms with Crippen LogP contribution in [0.1, 0.15) is 40.5 Å². The van der Waals surface area contributed by atoms with E-state index in [0.717, 1.165) is 12.8 Å². The van der Waals surface area contributed by atoms with Crippen molar-refractivity contribution in [1.29, 1.82) is 0 Å². The van der Waals surface area contributed by atoms with E-state index >= 15 is 0 Å². The molecule has 0 bridgehead atoms. The fraction of sp³-hybridized carbons (Fsp3) is 0.684. The van der Waals surface area contributed by atoms with Crippen LogP contribution in [0.3, 0.4) is 0 Å². The molecule has 2 N–H and O–H groups in total. The second kappa shape index (κ2) is 8.59. The molecule has 1 aliphatic heterocycles. The van der Waals surface area contributed by atoms with E-state index in [-0.39, 0.29) is 16.2 Å². The molecule has 1 heterocycles. The number of sulfonamides is 1. The van der Waals surface area contributed by atoms with Gasteiger partial charge < -0.3 is 15.2 Å². The van der Waals surface area contributed by atoms with Crippen LogP contribution in [0.2, 0.25) is 0 Å². The summed E-state index contributed by atoms with van der Waals surface area (Å²) >= 11 is 0. The Morgan fingerprint density at radius 3 is 2.46 bits per heavy atom. The summed E-state index contributed by atoms with van der Waals surface area (Å²) in [6.07, 6.45) is 1.77. The fourth-order valence-electron chi connectivity index (χ4n) is 3.13. The number of hydrogen-bond donors (Lipinski definition) is 1. The van der Waals surface area contributed by atoms with Gasteiger partial charge in [-0.1, -0.05) is 27.7 Å². The third-order valence-corrected chi connectivity index (χ3v) is 6.19. The van der Waals surface area contributed by atoms with E-state index in [4.69, 9.17) is 15.2 Å². The molecular formula is C19H32N2O4S. The largest absolute Gasteiger partial charge is 0.486 e. The summed E-state index contributed by atoms with van der Waals surface area (Å²) in [5, 5.41) is 0. The van der Waals surface area contributed by atoms with E-state index in [0.29, 0.717) is 44.3 Å². The number of nitrogens with zero attached hydrogens (tertiary/aromatic N) is 1. The van der Waals surface area contributed by atoms with Crippen molar-refractivity contribution in [2.45, 2.75) is 45.4 Å². The number of nitrogens with two attached hydrogens (primary N) is 1. The van der Waals surface area contributed by atoms with Crippen LogP contribution in [0.15, 0.2) is 23.1 Å². The summed E-state index contributed by atoms with van der Waals surface area (Å²) in [5.41, 5.74) is 5.49. The first-order valence-electron chi connectivity index (χ1n) is 9.25. The first kappa shape index (κ1) is 21.0. The number of fused-ring (bicyclic) bond motifs is 1. The van der Waals surface area contributed by atoms with E-state index in [1.807, 2.05) is 13.8 Å². The van der Waals surface area contributed by atoms with Gasteiger partial charge in [-0.05, 0) is 42.9 Å². The summed E-state index contributed by atoms with van der Waals surface area (Å²) < 4.78 is 39.3. The summed E-state index contributed by atoms with van der Waals surface area (Å²) in [5.74, 6) is 1.31. The Labute approximate surface area is 157 Å². The van der Waals surface area contributed by atoms with Gasteiger partial charge in [0.15, 0.2) is 11.5 Å². The zero-order valence-electron chi connectivity index (χ0n) is 16.3. The van der Waals surface area contributed by atoms with Gasteiger partial charge in [-0.15, -0.1) is 0 Å². The Morgan fingerprint density at radius 2 is 1.85 bits per heavy atom. The molecule has 0 unspecified atom stereocenters. The Kier molecular flexibility index (Phi) is 6.93. The van der Waals surface area contributed by atoms with Crippen molar-refractivity contribution in [2.75, 3.05) is 32.8 Å². The lowest BCUT2D eigenvalue weighted by Crippen LogP contribution is -2.41. The van der Waals surface area contributed by atoms with Crippen LogP contribution in [0, 0.1) is 11.3 Å². The van der Waals surface area contributed by atoms with Gasteiger partial charge in [-0.25, -0.2) is 8.42 Å². The molecular weight excluding hydrogens is 352 g/mol. The SMILES string of the molecule is CC(C)CN(CC(C)(C)CCCN)S(=O)(=O)c1ccc2c(c1)OCCO2. The molecule has 6 nitrogen and oxygen atoms in total. The van der Waals surface area contributed by atoms with Gasteiger partial charge in [0.25, 0.3) is 0 Å². The number of rotatable bonds is 9. The smallest absolute Gasteiger partial charge is 0.243 e. The van der Waals surface area contributed by atoms with Gasteiger partial charge in [0.1, 0.15) is 13.2 Å². The molecule has 1 aliphatic rings. The molecule has 7 heteroatoms. The molecule has 0 fully saturated rings. The average Bonchev–Trinajstić information content (AvgIpc) is 2.58. The third kappa shape index (κ3) is 5.34. The molecule has 0 radical (unpaired) electrons. The quantitative estimate of drug-likeness (QED) is 0.708. The van der Waals surface area contributed by atoms with Gasteiger partial charge in [0, 0.05) is 19.2 Å². The van der Waals surface area contributed by atoms with Crippen LogP contribution in [-0.4, -0.2) is 45.6 Å². The highest BCUT2D eigenvalue weighted by Gasteiger charge is 2.32. The maximum atomic E-state index is 13.3. The van der Waals surface area contributed by atoms with Gasteiger partial charge in [-0.2, -0.15) is 4.31 Å². The predicted octanol–water partition coefficient (Wildman–Crippen LogP) is 2.87. The van der Waals surface area contributed by atoms with Crippen molar-refractivity contribution in [1.82, 2.24) is 4.31 Å². The summed E-state index contributed by atoms with van der Waals surface area (Å²) in [7, 11) is -3.62. The van der Waals surface area contributed by atoms with E-state index < -0.39 is 10.0 Å². The van der Waals surface area contributed by atoms with Crippen molar-refractivity contribution in [3.05, 3.63) is 18.2 Å². The molecule has 2 rings (SSSR count). The minimum absolute atomic E-state index is 0.144. The van der Waals surface area contributed by atoms with Crippen molar-refractivity contribution in [3.8, 4) is 11.5 Å². The first-order chi connectivity index (χ1) is 12.2. The normalized spacial score (nSPS) is 14.9. The first-order valence-corrected chi connectivity index (χ1v) is 10.7. The van der Waals surface area contributed by atoms with Crippen molar-refractivity contribution >= 4 is 10.0 Å². The van der Waals surface area contributed by atoms with Gasteiger partial charge in [-0.3, -0.25) is 0 Å². The Hall–Kier alpha value is -1.31. The summed E-state index contributed by atoms with van der Waals surface area (Å²) in [4.78, 5) is 0.247. The fourth-order valence-corrected chi connectivity index (χ4v) is 4.93. The molecule has 0 saturated heterocycles. The van der Waals surface area contributed by atoms with Crippen molar-refractivity contribution in [3.63, 3.8) is 0 Å². The lowest BCUT2D eigenvalue weighted by molar-refractivity contribution is 0.171. The van der Waals surface area contributed by atoms with Crippen LogP contribution in [0.25, 0.3) is 0 Å². The molecule has 0 atom stereocenters. The van der Waals surface area contributed by atoms with Gasteiger partial charge >= 0.3 is 0 Å². The zero-order chi connectivity index (χ0) is 19.4. The molecule has 1 aromatic carbocycles. The lowest BCUT2D eigenvalue weighted by atomic mass is 9.87. The molecule has 0 aromatic heterocycles. The van der Waals surface area contributed by atoms with E-state index in [1.54, 1.807) is 22.5 Å². The predicted molar refractivity (Wildman–Crippen MR) is 103 cm³/mol. The van der Waals surface area contributed by atoms with E-state index in [2.05, 4.69) is 13.8 Å². The van der Waals surface area contributed by atoms with Crippen molar-refractivity contribution in [2.24, 2.45) is 17.1 Å². The van der Waals surface area contributed by atoms with Gasteiger partial charge in [0.05, 0.1) is 4.90 Å². The Bertz CT molecular complexity index is 701. The number of benzene rings is 1. The number of ether oxygens (including phenoxy) is 2. The molecule has 26 heavy (non-hydrogen) atoms. The summed E-state index contributed by atoms with van der Waals surface area (Å²) in [6.45, 7) is 10.7. The summed E-state index contributed by atoms with van der Waals surface area (Å²) in [6, 6.07) is 4.85. The number of hydrogen-bond acceptors (Lipinski definition) is 5. The molecule has 148 valence electrons. The van der Waals surface area contributed by atoms with E-state index in [9.17, 15) is 8.42 Å². The van der Waals surface area contributed by atoms with Crippen LogP contribution in [0.5, 0.6) is 11.5 Å². The highest BCUT2D eigenvalue weighted by molar-refractivity contribution is 7.89. The van der Waals surface area contributed by atoms with E-state index in [1.165, 1.54) is 0 Å². The van der Waals surface area contributed by atoms with Crippen LogP contribution in [-0.2, 0) is 10.0 Å². The lowest BCUT2D eigenvalue weighted by Gasteiger charge is -2.33. The zero-order valence-corrected chi connectivity index (χ0v) is 17.1. The highest BCUT2D eigenvalue weighted by Crippen LogP contribution is 2.34. The minimum atomic E-state index is -3.62. The van der Waals surface area contributed by atoms with Crippen LogP contribution < -0.4 is 15.2 Å². The monoisotopic (exact) mass is 384 g/mol. The Morgan fingerprint density at radius 1 is 1.19 bits per heavy atom. The van der Waals surface area contributed by atoms with Gasteiger partial charge in [0.2, 0.25) is 10.0 Å². The maximum Gasteiger partial charge on any atom is 0.243 e. The maximum absolute atomic E-state index is 13.3. The molecule has 0 amide bonds. The molecule has 0 aliphatic carbocycles. The average molecular weight is 385 g/mol. The highest BCUT2D eigenvalue weighted by atomic mass is 32.2. The standard InChI is InChI=1S/C19H32N2O4S/c1-15(2)13-21(14-19(3,4)8-5-9-20)26(22,23)16-6-7-17-18(12-16)25-11-10-24-17/h6-7,12,15H,5,8-11,13-14,20H2,1-4H3.